The monoisotopic (exact) mass is 323 g/mol. The predicted molar refractivity (Wildman–Crippen MR) is 86.6 cm³/mol. The molecule has 2 aliphatic rings. The maximum atomic E-state index is 12.5. The number of thioether (sulfide) groups is 1. The van der Waals surface area contributed by atoms with Gasteiger partial charge in [0.2, 0.25) is 0 Å². The lowest BCUT2D eigenvalue weighted by molar-refractivity contribution is -0.122. The zero-order valence-electron chi connectivity index (χ0n) is 11.8. The van der Waals surface area contributed by atoms with E-state index in [9.17, 15) is 4.79 Å². The van der Waals surface area contributed by atoms with E-state index in [0.717, 1.165) is 31.9 Å². The van der Waals surface area contributed by atoms with Gasteiger partial charge in [0.1, 0.15) is 10.1 Å². The average Bonchev–Trinajstić information content (AvgIpc) is 3.06. The van der Waals surface area contributed by atoms with Gasteiger partial charge in [-0.15, -0.1) is 0 Å². The van der Waals surface area contributed by atoms with Crippen molar-refractivity contribution in [2.45, 2.75) is 6.54 Å². The molecular weight excluding hydrogens is 306 g/mol. The highest BCUT2D eigenvalue weighted by atomic mass is 32.2. The van der Waals surface area contributed by atoms with E-state index in [1.807, 2.05) is 18.3 Å². The Kier molecular flexibility index (Phi) is 4.32. The molecule has 1 amide bonds. The Labute approximate surface area is 133 Å². The van der Waals surface area contributed by atoms with E-state index < -0.39 is 0 Å². The van der Waals surface area contributed by atoms with Gasteiger partial charge in [0.05, 0.1) is 17.7 Å². The van der Waals surface area contributed by atoms with Crippen molar-refractivity contribution in [3.8, 4) is 0 Å². The number of carbonyl (C=O) groups is 1. The smallest absolute Gasteiger partial charge is 0.268 e. The van der Waals surface area contributed by atoms with Crippen LogP contribution in [-0.4, -0.2) is 58.2 Å². The summed E-state index contributed by atoms with van der Waals surface area (Å²) in [6, 6.07) is 3.66. The SMILES string of the molecule is CN1CCN(/C=C2\SC(=S)N(Cc3ccco3)C2=O)CC1. The van der Waals surface area contributed by atoms with Gasteiger partial charge in [-0.25, -0.2) is 0 Å². The first-order chi connectivity index (χ1) is 10.1. The summed E-state index contributed by atoms with van der Waals surface area (Å²) in [5.74, 6) is 0.715. The highest BCUT2D eigenvalue weighted by Gasteiger charge is 2.33. The molecule has 0 unspecified atom stereocenters. The fraction of sp³-hybridized carbons (Fsp3) is 0.429. The van der Waals surface area contributed by atoms with Gasteiger partial charge >= 0.3 is 0 Å². The molecule has 112 valence electrons. The molecule has 5 nitrogen and oxygen atoms in total. The van der Waals surface area contributed by atoms with Crippen molar-refractivity contribution in [1.29, 1.82) is 0 Å². The quantitative estimate of drug-likeness (QED) is 0.623. The van der Waals surface area contributed by atoms with Crippen molar-refractivity contribution in [3.63, 3.8) is 0 Å². The van der Waals surface area contributed by atoms with Gasteiger partial charge in [-0.05, 0) is 19.2 Å². The number of likely N-dealkylation sites (N-methyl/N-ethyl adjacent to an activating group) is 1. The molecule has 0 aromatic carbocycles. The first-order valence-corrected chi connectivity index (χ1v) is 8.06. The number of amides is 1. The number of piperazine rings is 1. The first-order valence-electron chi connectivity index (χ1n) is 6.84. The molecule has 0 spiro atoms. The van der Waals surface area contributed by atoms with E-state index in [-0.39, 0.29) is 5.91 Å². The standard InChI is InChI=1S/C14H17N3O2S2/c1-15-4-6-16(7-5-15)10-12-13(18)17(14(20)21-12)9-11-3-2-8-19-11/h2-3,8,10H,4-7,9H2,1H3/b12-10-. The second kappa shape index (κ2) is 6.21. The van der Waals surface area contributed by atoms with Crippen molar-refractivity contribution >= 4 is 34.2 Å². The van der Waals surface area contributed by atoms with Crippen molar-refractivity contribution in [2.24, 2.45) is 0 Å². The van der Waals surface area contributed by atoms with E-state index >= 15 is 0 Å². The summed E-state index contributed by atoms with van der Waals surface area (Å²) in [5, 5.41) is 0. The topological polar surface area (TPSA) is 39.9 Å². The van der Waals surface area contributed by atoms with Crippen molar-refractivity contribution in [2.75, 3.05) is 33.2 Å². The summed E-state index contributed by atoms with van der Waals surface area (Å²) < 4.78 is 5.89. The van der Waals surface area contributed by atoms with Crippen molar-refractivity contribution in [3.05, 3.63) is 35.3 Å². The second-order valence-electron chi connectivity index (χ2n) is 5.17. The number of nitrogens with zero attached hydrogens (tertiary/aromatic N) is 3. The van der Waals surface area contributed by atoms with Crippen LogP contribution in [0.5, 0.6) is 0 Å². The van der Waals surface area contributed by atoms with Crippen molar-refractivity contribution < 1.29 is 9.21 Å². The molecule has 2 aliphatic heterocycles. The molecule has 0 aliphatic carbocycles. The summed E-state index contributed by atoms with van der Waals surface area (Å²) in [4.78, 5) is 19.2. The number of hydrogen-bond donors (Lipinski definition) is 0. The van der Waals surface area contributed by atoms with Gasteiger partial charge in [-0.1, -0.05) is 24.0 Å². The number of rotatable bonds is 3. The number of furan rings is 1. The Hall–Kier alpha value is -1.31. The third-order valence-corrected chi connectivity index (χ3v) is 4.97. The van der Waals surface area contributed by atoms with E-state index in [2.05, 4.69) is 16.8 Å². The molecule has 0 atom stereocenters. The summed E-state index contributed by atoms with van der Waals surface area (Å²) in [7, 11) is 2.11. The minimum Gasteiger partial charge on any atom is -0.467 e. The van der Waals surface area contributed by atoms with Gasteiger partial charge in [0.25, 0.3) is 5.91 Å². The highest BCUT2D eigenvalue weighted by molar-refractivity contribution is 8.26. The third kappa shape index (κ3) is 3.30. The summed E-state index contributed by atoms with van der Waals surface area (Å²) >= 11 is 6.68. The van der Waals surface area contributed by atoms with Crippen LogP contribution in [0.25, 0.3) is 0 Å². The number of thiocarbonyl (C=S) groups is 1. The largest absolute Gasteiger partial charge is 0.467 e. The van der Waals surface area contributed by atoms with Gasteiger partial charge in [-0.2, -0.15) is 0 Å². The first kappa shape index (κ1) is 14.6. The van der Waals surface area contributed by atoms with Gasteiger partial charge in [0, 0.05) is 32.4 Å². The Balaban J connectivity index is 1.68. The fourth-order valence-electron chi connectivity index (χ4n) is 2.30. The van der Waals surface area contributed by atoms with Crippen molar-refractivity contribution in [1.82, 2.24) is 14.7 Å². The van der Waals surface area contributed by atoms with E-state index in [1.165, 1.54) is 11.8 Å². The molecule has 3 heterocycles. The van der Waals surface area contributed by atoms with Gasteiger partial charge < -0.3 is 14.2 Å². The molecule has 1 aromatic rings. The van der Waals surface area contributed by atoms with E-state index in [1.54, 1.807) is 11.2 Å². The van der Waals surface area contributed by atoms with Crippen LogP contribution in [0, 0.1) is 0 Å². The maximum absolute atomic E-state index is 12.5. The summed E-state index contributed by atoms with van der Waals surface area (Å²) in [6.45, 7) is 4.32. The summed E-state index contributed by atoms with van der Waals surface area (Å²) in [6.07, 6.45) is 3.56. The van der Waals surface area contributed by atoms with Gasteiger partial charge in [0.15, 0.2) is 0 Å². The minimum atomic E-state index is -0.0275. The zero-order chi connectivity index (χ0) is 14.8. The number of hydrogen-bond acceptors (Lipinski definition) is 6. The molecular formula is C14H17N3O2S2. The molecule has 0 N–H and O–H groups in total. The Morgan fingerprint density at radius 3 is 2.81 bits per heavy atom. The van der Waals surface area contributed by atoms with E-state index in [0.29, 0.717) is 15.8 Å². The van der Waals surface area contributed by atoms with Crippen LogP contribution in [0.15, 0.2) is 33.9 Å². The minimum absolute atomic E-state index is 0.0275. The van der Waals surface area contributed by atoms with Crippen LogP contribution < -0.4 is 0 Å². The van der Waals surface area contributed by atoms with Crippen LogP contribution in [-0.2, 0) is 11.3 Å². The van der Waals surface area contributed by atoms with Crippen LogP contribution >= 0.6 is 24.0 Å². The lowest BCUT2D eigenvalue weighted by Gasteiger charge is -2.31. The molecule has 3 rings (SSSR count). The average molecular weight is 323 g/mol. The Morgan fingerprint density at radius 2 is 2.14 bits per heavy atom. The van der Waals surface area contributed by atoms with E-state index in [4.69, 9.17) is 16.6 Å². The molecule has 21 heavy (non-hydrogen) atoms. The molecule has 0 saturated carbocycles. The Morgan fingerprint density at radius 1 is 1.38 bits per heavy atom. The number of carbonyl (C=O) groups excluding carboxylic acids is 1. The van der Waals surface area contributed by atoms with Crippen LogP contribution in [0.3, 0.4) is 0 Å². The van der Waals surface area contributed by atoms with Gasteiger partial charge in [-0.3, -0.25) is 9.69 Å². The zero-order valence-corrected chi connectivity index (χ0v) is 13.5. The molecule has 2 fully saturated rings. The fourth-order valence-corrected chi connectivity index (χ4v) is 3.56. The van der Waals surface area contributed by atoms with Crippen LogP contribution in [0.4, 0.5) is 0 Å². The second-order valence-corrected chi connectivity index (χ2v) is 6.85. The lowest BCUT2D eigenvalue weighted by Crippen LogP contribution is -2.42. The maximum Gasteiger partial charge on any atom is 0.268 e. The highest BCUT2D eigenvalue weighted by Crippen LogP contribution is 2.32. The molecule has 1 aromatic heterocycles. The predicted octanol–water partition coefficient (Wildman–Crippen LogP) is 1.73. The molecule has 0 radical (unpaired) electrons. The molecule has 2 saturated heterocycles. The van der Waals surface area contributed by atoms with Crippen LogP contribution in [0.1, 0.15) is 5.76 Å². The Bertz CT molecular complexity index is 563. The third-order valence-electron chi connectivity index (χ3n) is 3.61. The molecule has 0 bridgehead atoms. The summed E-state index contributed by atoms with van der Waals surface area (Å²) in [5.41, 5.74) is 0. The normalized spacial score (nSPS) is 22.6. The molecule has 7 heteroatoms. The van der Waals surface area contributed by atoms with Crippen LogP contribution in [0.2, 0.25) is 0 Å². The lowest BCUT2D eigenvalue weighted by atomic mass is 10.3.